The van der Waals surface area contributed by atoms with Crippen LogP contribution in [0.3, 0.4) is 0 Å². The molecule has 4 rings (SSSR count). The number of anilines is 2. The Balaban J connectivity index is 1.62. The van der Waals surface area contributed by atoms with Gasteiger partial charge < -0.3 is 11.1 Å². The molecule has 1 heterocycles. The molecule has 4 aromatic rings. The van der Waals surface area contributed by atoms with E-state index in [0.717, 1.165) is 11.1 Å². The number of nitrogens with one attached hydrogen (secondary N) is 1. The number of nitrogen functional groups attached to an aromatic ring is 1. The molecule has 0 radical (unpaired) electrons. The van der Waals surface area contributed by atoms with E-state index in [-0.39, 0.29) is 12.0 Å². The molecule has 5 heteroatoms. The SMILES string of the molecule is C[C@@H](Nc1nc(N)nc(-c2ccccc2)n1)c1ccc2ccccc2c1. The first-order chi connectivity index (χ1) is 12.7. The summed E-state index contributed by atoms with van der Waals surface area (Å²) in [6.07, 6.45) is 0. The van der Waals surface area contributed by atoms with Gasteiger partial charge in [0.1, 0.15) is 0 Å². The molecule has 0 aliphatic heterocycles. The van der Waals surface area contributed by atoms with Crippen molar-refractivity contribution in [2.45, 2.75) is 13.0 Å². The lowest BCUT2D eigenvalue weighted by Crippen LogP contribution is -2.12. The lowest BCUT2D eigenvalue weighted by molar-refractivity contribution is 0.858. The van der Waals surface area contributed by atoms with Crippen molar-refractivity contribution >= 4 is 22.7 Å². The highest BCUT2D eigenvalue weighted by Gasteiger charge is 2.11. The zero-order valence-corrected chi connectivity index (χ0v) is 14.4. The maximum atomic E-state index is 5.88. The summed E-state index contributed by atoms with van der Waals surface area (Å²) in [7, 11) is 0. The van der Waals surface area contributed by atoms with Crippen LogP contribution in [-0.4, -0.2) is 15.0 Å². The first kappa shape index (κ1) is 16.0. The molecule has 0 aliphatic rings. The average Bonchev–Trinajstić information content (AvgIpc) is 2.68. The number of rotatable bonds is 4. The van der Waals surface area contributed by atoms with Gasteiger partial charge >= 0.3 is 0 Å². The van der Waals surface area contributed by atoms with Gasteiger partial charge in [-0.15, -0.1) is 0 Å². The minimum Gasteiger partial charge on any atom is -0.368 e. The van der Waals surface area contributed by atoms with Crippen molar-refractivity contribution in [2.24, 2.45) is 0 Å². The first-order valence-corrected chi connectivity index (χ1v) is 8.51. The van der Waals surface area contributed by atoms with Gasteiger partial charge in [-0.2, -0.15) is 15.0 Å². The van der Waals surface area contributed by atoms with E-state index in [9.17, 15) is 0 Å². The second-order valence-electron chi connectivity index (χ2n) is 6.18. The summed E-state index contributed by atoms with van der Waals surface area (Å²) in [4.78, 5) is 13.0. The van der Waals surface area contributed by atoms with Gasteiger partial charge in [0, 0.05) is 5.56 Å². The van der Waals surface area contributed by atoms with Crippen molar-refractivity contribution < 1.29 is 0 Å². The number of hydrogen-bond donors (Lipinski definition) is 2. The van der Waals surface area contributed by atoms with E-state index >= 15 is 0 Å². The van der Waals surface area contributed by atoms with Crippen molar-refractivity contribution in [3.63, 3.8) is 0 Å². The Morgan fingerprint density at radius 2 is 1.54 bits per heavy atom. The molecule has 1 atom stereocenters. The third-order valence-corrected chi connectivity index (χ3v) is 4.30. The first-order valence-electron chi connectivity index (χ1n) is 8.51. The molecule has 0 bridgehead atoms. The van der Waals surface area contributed by atoms with Gasteiger partial charge in [-0.05, 0) is 29.3 Å². The van der Waals surface area contributed by atoms with Crippen LogP contribution in [0.15, 0.2) is 72.8 Å². The summed E-state index contributed by atoms with van der Waals surface area (Å²) in [6, 6.07) is 24.5. The fourth-order valence-corrected chi connectivity index (χ4v) is 2.93. The maximum Gasteiger partial charge on any atom is 0.228 e. The van der Waals surface area contributed by atoms with Gasteiger partial charge in [0.2, 0.25) is 11.9 Å². The summed E-state index contributed by atoms with van der Waals surface area (Å²) in [6.45, 7) is 2.08. The summed E-state index contributed by atoms with van der Waals surface area (Å²) < 4.78 is 0. The number of hydrogen-bond acceptors (Lipinski definition) is 5. The highest BCUT2D eigenvalue weighted by Crippen LogP contribution is 2.23. The van der Waals surface area contributed by atoms with Crippen molar-refractivity contribution in [3.05, 3.63) is 78.4 Å². The maximum absolute atomic E-state index is 5.88. The van der Waals surface area contributed by atoms with E-state index in [1.54, 1.807) is 0 Å². The second kappa shape index (κ2) is 6.80. The van der Waals surface area contributed by atoms with Gasteiger partial charge in [-0.3, -0.25) is 0 Å². The molecule has 0 aliphatic carbocycles. The van der Waals surface area contributed by atoms with E-state index in [0.29, 0.717) is 11.8 Å². The summed E-state index contributed by atoms with van der Waals surface area (Å²) in [5.74, 6) is 1.23. The minimum atomic E-state index is 0.0324. The van der Waals surface area contributed by atoms with E-state index in [1.807, 2.05) is 42.5 Å². The smallest absolute Gasteiger partial charge is 0.228 e. The van der Waals surface area contributed by atoms with Gasteiger partial charge in [-0.25, -0.2) is 0 Å². The van der Waals surface area contributed by atoms with Gasteiger partial charge in [0.05, 0.1) is 6.04 Å². The fourth-order valence-electron chi connectivity index (χ4n) is 2.93. The molecule has 128 valence electrons. The summed E-state index contributed by atoms with van der Waals surface area (Å²) >= 11 is 0. The topological polar surface area (TPSA) is 76.7 Å². The Labute approximate surface area is 152 Å². The molecule has 26 heavy (non-hydrogen) atoms. The number of benzene rings is 3. The minimum absolute atomic E-state index is 0.0324. The zero-order chi connectivity index (χ0) is 17.9. The van der Waals surface area contributed by atoms with Gasteiger partial charge in [0.15, 0.2) is 5.82 Å². The largest absolute Gasteiger partial charge is 0.368 e. The molecule has 0 unspecified atom stereocenters. The third-order valence-electron chi connectivity index (χ3n) is 4.30. The van der Waals surface area contributed by atoms with Gasteiger partial charge in [-0.1, -0.05) is 66.7 Å². The Hall–Kier alpha value is -3.47. The predicted octanol–water partition coefficient (Wildman–Crippen LogP) is 4.45. The average molecular weight is 341 g/mol. The van der Waals surface area contributed by atoms with Crippen LogP contribution in [0.2, 0.25) is 0 Å². The molecule has 0 fully saturated rings. The van der Waals surface area contributed by atoms with Crippen LogP contribution in [0.25, 0.3) is 22.2 Å². The molecule has 0 spiro atoms. The molecule has 0 amide bonds. The molecular formula is C21H19N5. The van der Waals surface area contributed by atoms with E-state index in [2.05, 4.69) is 57.5 Å². The Morgan fingerprint density at radius 3 is 2.35 bits per heavy atom. The van der Waals surface area contributed by atoms with Crippen LogP contribution in [0, 0.1) is 0 Å². The van der Waals surface area contributed by atoms with Crippen LogP contribution in [0.4, 0.5) is 11.9 Å². The molecule has 1 aromatic heterocycles. The van der Waals surface area contributed by atoms with E-state index in [1.165, 1.54) is 10.8 Å². The molecule has 5 nitrogen and oxygen atoms in total. The highest BCUT2D eigenvalue weighted by molar-refractivity contribution is 5.83. The molecule has 0 saturated heterocycles. The monoisotopic (exact) mass is 341 g/mol. The molecule has 0 saturated carbocycles. The number of aromatic nitrogens is 3. The van der Waals surface area contributed by atoms with E-state index < -0.39 is 0 Å². The lowest BCUT2D eigenvalue weighted by atomic mass is 10.0. The standard InChI is InChI=1S/C21H19N5/c1-14(17-12-11-15-7-5-6-10-18(15)13-17)23-21-25-19(24-20(22)26-21)16-8-3-2-4-9-16/h2-14H,1H3,(H3,22,23,24,25,26)/t14-/m1/s1. The fraction of sp³-hybridized carbons (Fsp3) is 0.0952. The van der Waals surface area contributed by atoms with Crippen molar-refractivity contribution in [3.8, 4) is 11.4 Å². The normalized spacial score (nSPS) is 12.0. The molecule has 3 aromatic carbocycles. The summed E-state index contributed by atoms with van der Waals surface area (Å²) in [5.41, 5.74) is 7.95. The van der Waals surface area contributed by atoms with Crippen LogP contribution >= 0.6 is 0 Å². The van der Waals surface area contributed by atoms with E-state index in [4.69, 9.17) is 5.73 Å². The Morgan fingerprint density at radius 1 is 0.808 bits per heavy atom. The number of fused-ring (bicyclic) bond motifs is 1. The second-order valence-corrected chi connectivity index (χ2v) is 6.18. The van der Waals surface area contributed by atoms with Crippen LogP contribution in [0.5, 0.6) is 0 Å². The number of nitrogens with two attached hydrogens (primary N) is 1. The van der Waals surface area contributed by atoms with Crippen LogP contribution in [-0.2, 0) is 0 Å². The molecular weight excluding hydrogens is 322 g/mol. The Bertz CT molecular complexity index is 1050. The quantitative estimate of drug-likeness (QED) is 0.573. The predicted molar refractivity (Wildman–Crippen MR) is 106 cm³/mol. The highest BCUT2D eigenvalue weighted by atomic mass is 15.2. The van der Waals surface area contributed by atoms with Crippen molar-refractivity contribution in [1.29, 1.82) is 0 Å². The van der Waals surface area contributed by atoms with Gasteiger partial charge in [0.25, 0.3) is 0 Å². The summed E-state index contributed by atoms with van der Waals surface area (Å²) in [5, 5.41) is 5.76. The van der Waals surface area contributed by atoms with Crippen molar-refractivity contribution in [2.75, 3.05) is 11.1 Å². The zero-order valence-electron chi connectivity index (χ0n) is 14.4. The number of nitrogens with zero attached hydrogens (tertiary/aromatic N) is 3. The van der Waals surface area contributed by atoms with Crippen LogP contribution < -0.4 is 11.1 Å². The Kier molecular flexibility index (Phi) is 4.19. The molecule has 3 N–H and O–H groups in total. The van der Waals surface area contributed by atoms with Crippen molar-refractivity contribution in [1.82, 2.24) is 15.0 Å². The third kappa shape index (κ3) is 3.32. The van der Waals surface area contributed by atoms with Crippen LogP contribution in [0.1, 0.15) is 18.5 Å². The lowest BCUT2D eigenvalue weighted by Gasteiger charge is -2.15.